The van der Waals surface area contributed by atoms with E-state index in [0.29, 0.717) is 12.8 Å². The number of aliphatic hydroxyl groups excluding tert-OH is 8. The first-order valence-electron chi connectivity index (χ1n) is 38.5. The van der Waals surface area contributed by atoms with Crippen LogP contribution in [0.4, 0.5) is 0 Å². The van der Waals surface area contributed by atoms with E-state index in [9.17, 15) is 45.6 Å². The predicted octanol–water partition coefficient (Wildman–Crippen LogP) is 16.8. The van der Waals surface area contributed by atoms with Crippen molar-refractivity contribution >= 4 is 5.91 Å². The second kappa shape index (κ2) is 62.2. The Labute approximate surface area is 562 Å². The summed E-state index contributed by atoms with van der Waals surface area (Å²) in [5, 5.41) is 87.6. The van der Waals surface area contributed by atoms with Gasteiger partial charge in [-0.1, -0.05) is 319 Å². The van der Waals surface area contributed by atoms with Crippen LogP contribution in [-0.2, 0) is 23.7 Å². The van der Waals surface area contributed by atoms with Crippen LogP contribution in [0.25, 0.3) is 0 Å². The first-order valence-corrected chi connectivity index (χ1v) is 38.5. The van der Waals surface area contributed by atoms with Crippen molar-refractivity contribution in [3.63, 3.8) is 0 Å². The fraction of sp³-hybridized carbons (Fsp3) is 0.859. The molecule has 2 fully saturated rings. The fourth-order valence-corrected chi connectivity index (χ4v) is 12.6. The Bertz CT molecular complexity index is 1780. The van der Waals surface area contributed by atoms with E-state index in [1.54, 1.807) is 6.08 Å². The van der Waals surface area contributed by atoms with Crippen molar-refractivity contribution in [1.82, 2.24) is 5.32 Å². The second-order valence-electron chi connectivity index (χ2n) is 27.1. The molecule has 0 aromatic rings. The Morgan fingerprint density at radius 3 is 1.14 bits per heavy atom. The minimum absolute atomic E-state index is 0.251. The number of hydrogen-bond donors (Lipinski definition) is 9. The van der Waals surface area contributed by atoms with Crippen LogP contribution in [0.15, 0.2) is 60.8 Å². The molecular weight excluding hydrogens is 1160 g/mol. The lowest BCUT2D eigenvalue weighted by Gasteiger charge is -2.46. The average molecular weight is 1300 g/mol. The minimum atomic E-state index is -1.79. The fourth-order valence-electron chi connectivity index (χ4n) is 12.6. The van der Waals surface area contributed by atoms with Crippen LogP contribution in [0, 0.1) is 0 Å². The number of rotatable bonds is 64. The number of carbonyl (C=O) groups excluding carboxylic acids is 1. The largest absolute Gasteiger partial charge is 0.394 e. The number of allylic oxidation sites excluding steroid dienone is 9. The molecule has 1 amide bonds. The van der Waals surface area contributed by atoms with Gasteiger partial charge in [-0.05, 0) is 70.6 Å². The van der Waals surface area contributed by atoms with Crippen molar-refractivity contribution in [2.75, 3.05) is 19.8 Å². The van der Waals surface area contributed by atoms with Gasteiger partial charge in [-0.15, -0.1) is 0 Å². The maximum atomic E-state index is 13.4. The molecule has 2 saturated heterocycles. The van der Waals surface area contributed by atoms with E-state index in [1.807, 2.05) is 6.08 Å². The Morgan fingerprint density at radius 2 is 0.728 bits per heavy atom. The summed E-state index contributed by atoms with van der Waals surface area (Å²) in [6.07, 6.45) is 67.3. The van der Waals surface area contributed by atoms with Gasteiger partial charge >= 0.3 is 0 Å². The summed E-state index contributed by atoms with van der Waals surface area (Å²) in [7, 11) is 0. The molecule has 14 nitrogen and oxygen atoms in total. The Balaban J connectivity index is 1.65. The normalized spacial score (nSPS) is 23.0. The average Bonchev–Trinajstić information content (AvgIpc) is 0.865. The van der Waals surface area contributed by atoms with Crippen molar-refractivity contribution < 1.29 is 64.6 Å². The summed E-state index contributed by atoms with van der Waals surface area (Å²) in [6, 6.07) is -0.938. The number of amides is 1. The molecular formula is C78H143NO13. The first kappa shape index (κ1) is 85.8. The van der Waals surface area contributed by atoms with E-state index in [-0.39, 0.29) is 18.9 Å². The van der Waals surface area contributed by atoms with Gasteiger partial charge in [0.2, 0.25) is 5.91 Å². The van der Waals surface area contributed by atoms with Crippen molar-refractivity contribution in [1.29, 1.82) is 0 Å². The lowest BCUT2D eigenvalue weighted by atomic mass is 9.97. The van der Waals surface area contributed by atoms with Gasteiger partial charge in [0.25, 0.3) is 0 Å². The summed E-state index contributed by atoms with van der Waals surface area (Å²) >= 11 is 0. The van der Waals surface area contributed by atoms with Crippen molar-refractivity contribution in [3.05, 3.63) is 60.8 Å². The van der Waals surface area contributed by atoms with E-state index in [0.717, 1.165) is 51.4 Å². The third-order valence-corrected chi connectivity index (χ3v) is 18.7. The van der Waals surface area contributed by atoms with E-state index < -0.39 is 86.8 Å². The standard InChI is InChI=1S/C78H143NO13/c1-3-5-7-9-11-13-15-17-19-21-23-25-27-29-30-31-32-33-34-35-36-38-39-41-43-45-47-49-51-53-55-57-59-61-67(82)66(65-89-77-75(88)73(86)76(69(64-81)91-77)92-78-74(87)72(85)71(84)68(63-80)90-78)79-70(83)62-60-58-56-54-52-50-48-46-44-42-40-37-28-26-24-22-20-18-16-14-12-10-8-6-4-2/h16,18,22,24,28,37,51,53,59,61,66-69,71-78,80-82,84-88H,3-15,17,19-21,23,25-27,29-36,38-50,52,54-58,60,62-65H2,1-2H3,(H,79,83)/b18-16-,24-22-,37-28-,53-51+,61-59+. The highest BCUT2D eigenvalue weighted by Crippen LogP contribution is 2.30. The van der Waals surface area contributed by atoms with Crippen molar-refractivity contribution in [3.8, 4) is 0 Å². The number of carbonyl (C=O) groups is 1. The quantitative estimate of drug-likeness (QED) is 0.0204. The van der Waals surface area contributed by atoms with E-state index in [4.69, 9.17) is 18.9 Å². The van der Waals surface area contributed by atoms with Gasteiger partial charge in [0.05, 0.1) is 32.0 Å². The Hall–Kier alpha value is -2.31. The third-order valence-electron chi connectivity index (χ3n) is 18.7. The first-order chi connectivity index (χ1) is 45.1. The molecule has 0 spiro atoms. The smallest absolute Gasteiger partial charge is 0.220 e. The van der Waals surface area contributed by atoms with Crippen LogP contribution in [0.5, 0.6) is 0 Å². The lowest BCUT2D eigenvalue weighted by Crippen LogP contribution is -2.65. The molecule has 0 aromatic heterocycles. The van der Waals surface area contributed by atoms with E-state index in [1.165, 1.54) is 250 Å². The molecule has 14 heteroatoms. The molecule has 9 N–H and O–H groups in total. The maximum absolute atomic E-state index is 13.4. The zero-order valence-corrected chi connectivity index (χ0v) is 58.8. The topological polar surface area (TPSA) is 228 Å². The van der Waals surface area contributed by atoms with Gasteiger partial charge in [-0.25, -0.2) is 0 Å². The van der Waals surface area contributed by atoms with E-state index >= 15 is 0 Å². The van der Waals surface area contributed by atoms with E-state index in [2.05, 4.69) is 67.8 Å². The summed E-state index contributed by atoms with van der Waals surface area (Å²) in [5.41, 5.74) is 0. The van der Waals surface area contributed by atoms with Crippen LogP contribution >= 0.6 is 0 Å². The van der Waals surface area contributed by atoms with Crippen molar-refractivity contribution in [2.45, 2.75) is 408 Å². The highest BCUT2D eigenvalue weighted by Gasteiger charge is 2.51. The molecule has 2 heterocycles. The van der Waals surface area contributed by atoms with Gasteiger partial charge in [0, 0.05) is 6.42 Å². The summed E-state index contributed by atoms with van der Waals surface area (Å²) in [4.78, 5) is 13.4. The molecule has 0 saturated carbocycles. The molecule has 0 aliphatic carbocycles. The van der Waals surface area contributed by atoms with Crippen LogP contribution in [0.1, 0.15) is 335 Å². The van der Waals surface area contributed by atoms with Gasteiger partial charge in [0.1, 0.15) is 48.8 Å². The Kier molecular flexibility index (Phi) is 58.0. The number of ether oxygens (including phenoxy) is 4. The number of aliphatic hydroxyl groups is 8. The SMILES string of the molecule is CCCCCCC/C=C\C/C=C\C/C=C\CCCCCCCCCCCCC(=O)NC(COC1OC(CO)C(OC2OC(CO)C(O)C(O)C2O)C(O)C1O)C(O)/C=C/CC/C=C/CCCCCCCCCCCCCCCCCCCCCCCCCCCCC. The molecule has 538 valence electrons. The molecule has 0 aromatic carbocycles. The lowest BCUT2D eigenvalue weighted by molar-refractivity contribution is -0.359. The van der Waals surface area contributed by atoms with Crippen molar-refractivity contribution in [2.24, 2.45) is 0 Å². The summed E-state index contributed by atoms with van der Waals surface area (Å²) in [6.45, 7) is 2.81. The highest BCUT2D eigenvalue weighted by atomic mass is 16.7. The van der Waals surface area contributed by atoms with Crippen LogP contribution < -0.4 is 5.32 Å². The van der Waals surface area contributed by atoms with Crippen LogP contribution in [0.2, 0.25) is 0 Å². The highest BCUT2D eigenvalue weighted by molar-refractivity contribution is 5.76. The molecule has 0 bridgehead atoms. The van der Waals surface area contributed by atoms with Crippen LogP contribution in [-0.4, -0.2) is 140 Å². The molecule has 2 aliphatic heterocycles. The maximum Gasteiger partial charge on any atom is 0.220 e. The van der Waals surface area contributed by atoms with Crippen LogP contribution in [0.3, 0.4) is 0 Å². The monoisotopic (exact) mass is 1300 g/mol. The van der Waals surface area contributed by atoms with Gasteiger partial charge < -0.3 is 65.1 Å². The molecule has 92 heavy (non-hydrogen) atoms. The zero-order valence-electron chi connectivity index (χ0n) is 58.8. The molecule has 0 radical (unpaired) electrons. The number of nitrogens with one attached hydrogen (secondary N) is 1. The molecule has 12 unspecified atom stereocenters. The number of unbranched alkanes of at least 4 members (excludes halogenated alkanes) is 43. The van der Waals surface area contributed by atoms with Gasteiger partial charge in [-0.3, -0.25) is 4.79 Å². The van der Waals surface area contributed by atoms with Gasteiger partial charge in [-0.2, -0.15) is 0 Å². The predicted molar refractivity (Wildman–Crippen MR) is 378 cm³/mol. The summed E-state index contributed by atoms with van der Waals surface area (Å²) in [5.74, 6) is -0.251. The number of hydrogen-bond acceptors (Lipinski definition) is 13. The molecule has 12 atom stereocenters. The summed E-state index contributed by atoms with van der Waals surface area (Å²) < 4.78 is 22.9. The van der Waals surface area contributed by atoms with Gasteiger partial charge in [0.15, 0.2) is 12.6 Å². The second-order valence-corrected chi connectivity index (χ2v) is 27.1. The zero-order chi connectivity index (χ0) is 66.6. The molecule has 2 rings (SSSR count). The Morgan fingerprint density at radius 1 is 0.391 bits per heavy atom. The third kappa shape index (κ3) is 45.2. The minimum Gasteiger partial charge on any atom is -0.394 e. The molecule has 2 aliphatic rings.